The van der Waals surface area contributed by atoms with Crippen LogP contribution in [0, 0.1) is 0 Å². The van der Waals surface area contributed by atoms with Gasteiger partial charge in [0.1, 0.15) is 17.3 Å². The van der Waals surface area contributed by atoms with Gasteiger partial charge in [-0.15, -0.1) is 0 Å². The number of hydrogen-bond acceptors (Lipinski definition) is 7. The van der Waals surface area contributed by atoms with Gasteiger partial charge in [0.05, 0.1) is 18.6 Å². The van der Waals surface area contributed by atoms with Crippen LogP contribution in [0.25, 0.3) is 32.9 Å². The summed E-state index contributed by atoms with van der Waals surface area (Å²) < 4.78 is 14.3. The second-order valence-corrected chi connectivity index (χ2v) is 9.48. The van der Waals surface area contributed by atoms with Gasteiger partial charge >= 0.3 is 5.69 Å². The van der Waals surface area contributed by atoms with Crippen molar-refractivity contribution in [2.75, 3.05) is 18.5 Å². The van der Waals surface area contributed by atoms with Crippen LogP contribution in [0.1, 0.15) is 25.0 Å². The zero-order chi connectivity index (χ0) is 28.4. The summed E-state index contributed by atoms with van der Waals surface area (Å²) in [6, 6.07) is 19.9. The molecule has 3 N–H and O–H groups in total. The quantitative estimate of drug-likeness (QED) is 0.287. The molecule has 0 aliphatic rings. The molecule has 0 amide bonds. The van der Waals surface area contributed by atoms with Gasteiger partial charge in [-0.1, -0.05) is 36.4 Å². The molecule has 2 aromatic heterocycles. The normalized spacial score (nSPS) is 11.2. The zero-order valence-corrected chi connectivity index (χ0v) is 23.2. The van der Waals surface area contributed by atoms with E-state index in [1.165, 1.54) is 11.6 Å². The Morgan fingerprint density at radius 1 is 0.900 bits per heavy atom. The summed E-state index contributed by atoms with van der Waals surface area (Å²) in [5, 5.41) is 6.01. The van der Waals surface area contributed by atoms with Crippen molar-refractivity contribution in [3.8, 4) is 22.6 Å². The van der Waals surface area contributed by atoms with Gasteiger partial charge in [0.25, 0.3) is 5.56 Å². The number of nitrogens with one attached hydrogen (secondary N) is 1. The molecule has 206 valence electrons. The van der Waals surface area contributed by atoms with Gasteiger partial charge < -0.3 is 20.5 Å². The molecule has 0 spiro atoms. The molecule has 0 bridgehead atoms. The average Bonchev–Trinajstić information content (AvgIpc) is 2.98. The van der Waals surface area contributed by atoms with Gasteiger partial charge in [0.15, 0.2) is 5.65 Å². The molecule has 0 atom stereocenters. The topological polar surface area (TPSA) is 113 Å². The van der Waals surface area contributed by atoms with Gasteiger partial charge in [-0.2, -0.15) is 0 Å². The lowest BCUT2D eigenvalue weighted by Gasteiger charge is -2.21. The summed E-state index contributed by atoms with van der Waals surface area (Å²) in [7, 11) is 3.07. The molecular weight excluding hydrogens is 506 g/mol. The third kappa shape index (κ3) is 4.80. The summed E-state index contributed by atoms with van der Waals surface area (Å²) in [5.41, 5.74) is 8.60. The molecule has 0 saturated heterocycles. The van der Waals surface area contributed by atoms with Gasteiger partial charge in [-0.25, -0.2) is 9.78 Å². The first-order valence-corrected chi connectivity index (χ1v) is 13.3. The molecule has 0 aliphatic heterocycles. The van der Waals surface area contributed by atoms with Crippen LogP contribution in [-0.2, 0) is 27.2 Å². The summed E-state index contributed by atoms with van der Waals surface area (Å²) in [5.74, 6) is 1.69. The minimum absolute atomic E-state index is 0.0920. The molecule has 0 radical (unpaired) electrons. The maximum Gasteiger partial charge on any atom is 0.332 e. The first-order valence-electron chi connectivity index (χ1n) is 13.3. The van der Waals surface area contributed by atoms with E-state index < -0.39 is 11.2 Å². The van der Waals surface area contributed by atoms with Crippen molar-refractivity contribution in [1.82, 2.24) is 14.1 Å². The van der Waals surface area contributed by atoms with Crippen LogP contribution >= 0.6 is 0 Å². The van der Waals surface area contributed by atoms with Crippen LogP contribution in [0.3, 0.4) is 0 Å². The minimum atomic E-state index is -0.468. The van der Waals surface area contributed by atoms with Gasteiger partial charge in [-0.3, -0.25) is 13.9 Å². The van der Waals surface area contributed by atoms with Gasteiger partial charge in [0.2, 0.25) is 0 Å². The highest BCUT2D eigenvalue weighted by Gasteiger charge is 2.24. The molecule has 9 nitrogen and oxygen atoms in total. The molecule has 9 heteroatoms. The summed E-state index contributed by atoms with van der Waals surface area (Å²) >= 11 is 0. The minimum Gasteiger partial charge on any atom is -0.494 e. The number of aromatic nitrogens is 3. The fraction of sp³-hybridized carbons (Fsp3) is 0.258. The Hall–Kier alpha value is -4.63. The van der Waals surface area contributed by atoms with Crippen molar-refractivity contribution in [2.45, 2.75) is 26.9 Å². The lowest BCUT2D eigenvalue weighted by atomic mass is 9.95. The molecule has 0 saturated carbocycles. The molecule has 0 aliphatic carbocycles. The van der Waals surface area contributed by atoms with Crippen LogP contribution in [-0.4, -0.2) is 27.3 Å². The first-order chi connectivity index (χ1) is 19.4. The number of anilines is 1. The Morgan fingerprint density at radius 3 is 2.38 bits per heavy atom. The van der Waals surface area contributed by atoms with E-state index in [4.69, 9.17) is 20.2 Å². The fourth-order valence-electron chi connectivity index (χ4n) is 5.04. The number of nitrogens with zero attached hydrogens (tertiary/aromatic N) is 3. The largest absolute Gasteiger partial charge is 0.494 e. The summed E-state index contributed by atoms with van der Waals surface area (Å²) in [6.45, 7) is 5.26. The number of hydrogen-bond donors (Lipinski definition) is 2. The highest BCUT2D eigenvalue weighted by atomic mass is 16.5. The van der Waals surface area contributed by atoms with Crippen molar-refractivity contribution in [1.29, 1.82) is 0 Å². The molecule has 5 rings (SSSR count). The van der Waals surface area contributed by atoms with Crippen molar-refractivity contribution in [3.05, 3.63) is 92.6 Å². The molecule has 3 aromatic carbocycles. The smallest absolute Gasteiger partial charge is 0.332 e. The number of ether oxygens (including phenoxy) is 2. The predicted octanol–water partition coefficient (Wildman–Crippen LogP) is 4.32. The lowest BCUT2D eigenvalue weighted by Crippen LogP contribution is -2.38. The van der Waals surface area contributed by atoms with Crippen LogP contribution in [0.5, 0.6) is 11.5 Å². The average molecular weight is 540 g/mol. The van der Waals surface area contributed by atoms with Crippen LogP contribution in [0.4, 0.5) is 5.82 Å². The molecular formula is C31H33N5O4. The van der Waals surface area contributed by atoms with Crippen molar-refractivity contribution in [2.24, 2.45) is 19.8 Å². The van der Waals surface area contributed by atoms with E-state index in [1.54, 1.807) is 7.05 Å². The van der Waals surface area contributed by atoms with E-state index in [0.29, 0.717) is 53.8 Å². The standard InChI is InChI=1S/C31H33N5O4/c1-5-39-22-13-14-25(40-6-2)23(16-22)26-24(17-32)28(34-29-27(26)30(37)36(4)31(38)35(29)3)33-18-19-11-12-20-9-7-8-10-21(20)15-19/h7-16H,5-6,17-18,32H2,1-4H3,(H,33,34). The van der Waals surface area contributed by atoms with Crippen LogP contribution < -0.4 is 31.8 Å². The molecule has 0 unspecified atom stereocenters. The van der Waals surface area contributed by atoms with Gasteiger partial charge in [-0.05, 0) is 54.4 Å². The Balaban J connectivity index is 1.77. The Bertz CT molecular complexity index is 1840. The first kappa shape index (κ1) is 27.0. The number of rotatable bonds is 9. The van der Waals surface area contributed by atoms with Crippen molar-refractivity contribution >= 4 is 27.6 Å². The third-order valence-electron chi connectivity index (χ3n) is 7.00. The maximum absolute atomic E-state index is 13.6. The highest BCUT2D eigenvalue weighted by molar-refractivity contribution is 5.98. The Morgan fingerprint density at radius 2 is 1.65 bits per heavy atom. The van der Waals surface area contributed by atoms with Crippen molar-refractivity contribution < 1.29 is 9.47 Å². The van der Waals surface area contributed by atoms with Crippen LogP contribution in [0.15, 0.2) is 70.3 Å². The van der Waals surface area contributed by atoms with Crippen LogP contribution in [0.2, 0.25) is 0 Å². The summed E-state index contributed by atoms with van der Waals surface area (Å²) in [6.07, 6.45) is 0. The molecule has 5 aromatic rings. The second kappa shape index (κ2) is 11.2. The van der Waals surface area contributed by atoms with E-state index in [0.717, 1.165) is 20.9 Å². The SMILES string of the molecule is CCOc1ccc(OCC)c(-c2c(CN)c(NCc3ccc4ccccc4c3)nc3c2c(=O)n(C)c(=O)n3C)c1. The summed E-state index contributed by atoms with van der Waals surface area (Å²) in [4.78, 5) is 31.4. The third-order valence-corrected chi connectivity index (χ3v) is 7.00. The highest BCUT2D eigenvalue weighted by Crippen LogP contribution is 2.40. The van der Waals surface area contributed by atoms with E-state index in [9.17, 15) is 9.59 Å². The van der Waals surface area contributed by atoms with Crippen molar-refractivity contribution in [3.63, 3.8) is 0 Å². The van der Waals surface area contributed by atoms with E-state index >= 15 is 0 Å². The molecule has 0 fully saturated rings. The zero-order valence-electron chi connectivity index (χ0n) is 23.2. The molecule has 40 heavy (non-hydrogen) atoms. The second-order valence-electron chi connectivity index (χ2n) is 9.48. The fourth-order valence-corrected chi connectivity index (χ4v) is 5.04. The van der Waals surface area contributed by atoms with E-state index in [1.807, 2.05) is 44.2 Å². The molecule has 2 heterocycles. The number of aryl methyl sites for hydroxylation is 1. The number of benzene rings is 3. The Labute approximate surface area is 231 Å². The van der Waals surface area contributed by atoms with Gasteiger partial charge in [0, 0.05) is 43.9 Å². The lowest BCUT2D eigenvalue weighted by molar-refractivity contribution is 0.331. The number of pyridine rings is 1. The monoisotopic (exact) mass is 539 g/mol. The maximum atomic E-state index is 13.6. The predicted molar refractivity (Wildman–Crippen MR) is 159 cm³/mol. The Kier molecular flexibility index (Phi) is 7.57. The van der Waals surface area contributed by atoms with E-state index in [-0.39, 0.29) is 17.6 Å². The number of fused-ring (bicyclic) bond motifs is 2. The van der Waals surface area contributed by atoms with E-state index in [2.05, 4.69) is 35.6 Å². The number of nitrogens with two attached hydrogens (primary N) is 1.